The first-order chi connectivity index (χ1) is 11.1. The summed E-state index contributed by atoms with van der Waals surface area (Å²) in [5.41, 5.74) is 1.59. The summed E-state index contributed by atoms with van der Waals surface area (Å²) >= 11 is 1.46. The highest BCUT2D eigenvalue weighted by atomic mass is 32.1. The molecule has 1 aliphatic rings. The number of ether oxygens (including phenoxy) is 1. The van der Waals surface area contributed by atoms with E-state index in [1.165, 1.54) is 16.2 Å². The van der Waals surface area contributed by atoms with Gasteiger partial charge in [0, 0.05) is 29.9 Å². The first-order valence-electron chi connectivity index (χ1n) is 7.10. The van der Waals surface area contributed by atoms with E-state index in [1.54, 1.807) is 12.4 Å². The Morgan fingerprint density at radius 1 is 1.48 bits per heavy atom. The van der Waals surface area contributed by atoms with E-state index < -0.39 is 12.1 Å². The monoisotopic (exact) mass is 333 g/mol. The molecule has 2 aromatic heterocycles. The Balaban J connectivity index is 1.64. The molecule has 1 aliphatic heterocycles. The highest BCUT2D eigenvalue weighted by Gasteiger charge is 2.29. The summed E-state index contributed by atoms with van der Waals surface area (Å²) < 4.78 is 5.12. The van der Waals surface area contributed by atoms with Crippen LogP contribution >= 0.6 is 11.3 Å². The van der Waals surface area contributed by atoms with Gasteiger partial charge in [-0.2, -0.15) is 0 Å². The maximum absolute atomic E-state index is 12.3. The van der Waals surface area contributed by atoms with Gasteiger partial charge in [-0.05, 0) is 12.1 Å². The lowest BCUT2D eigenvalue weighted by Gasteiger charge is -2.30. The predicted octanol–water partition coefficient (Wildman–Crippen LogP) is 1.06. The van der Waals surface area contributed by atoms with Gasteiger partial charge in [0.15, 0.2) is 6.10 Å². The van der Waals surface area contributed by atoms with Gasteiger partial charge in [-0.1, -0.05) is 0 Å². The number of carboxylic acids is 1. The van der Waals surface area contributed by atoms with E-state index in [9.17, 15) is 9.59 Å². The number of amides is 1. The molecule has 1 atom stereocenters. The second kappa shape index (κ2) is 6.84. The zero-order chi connectivity index (χ0) is 16.2. The fourth-order valence-corrected chi connectivity index (χ4v) is 3.11. The van der Waals surface area contributed by atoms with Crippen LogP contribution in [0.25, 0.3) is 10.6 Å². The lowest BCUT2D eigenvalue weighted by atomic mass is 10.2. The Bertz CT molecular complexity index is 704. The summed E-state index contributed by atoms with van der Waals surface area (Å²) in [5.74, 6) is -1.18. The highest BCUT2D eigenvalue weighted by molar-refractivity contribution is 7.13. The molecule has 3 heterocycles. The molecule has 0 aromatic carbocycles. The number of rotatable bonds is 4. The SMILES string of the molecule is O=C(O)C1CN(C(=O)Cc2csc(-c3cccnc3)n2)CCO1. The van der Waals surface area contributed by atoms with Crippen molar-refractivity contribution >= 4 is 23.2 Å². The Morgan fingerprint density at radius 2 is 2.35 bits per heavy atom. The number of carboxylic acid groups (broad SMARTS) is 1. The number of pyridine rings is 1. The van der Waals surface area contributed by atoms with Crippen molar-refractivity contribution in [3.63, 3.8) is 0 Å². The summed E-state index contributed by atoms with van der Waals surface area (Å²) in [4.78, 5) is 33.3. The lowest BCUT2D eigenvalue weighted by Crippen LogP contribution is -2.49. The molecule has 1 fully saturated rings. The fraction of sp³-hybridized carbons (Fsp3) is 0.333. The fourth-order valence-electron chi connectivity index (χ4n) is 2.30. The maximum atomic E-state index is 12.3. The van der Waals surface area contributed by atoms with Gasteiger partial charge < -0.3 is 14.7 Å². The Labute approximate surface area is 136 Å². The largest absolute Gasteiger partial charge is 0.479 e. The molecular formula is C15H15N3O4S. The van der Waals surface area contributed by atoms with Gasteiger partial charge in [-0.3, -0.25) is 9.78 Å². The van der Waals surface area contributed by atoms with Crippen molar-refractivity contribution in [2.75, 3.05) is 19.7 Å². The van der Waals surface area contributed by atoms with Gasteiger partial charge in [0.2, 0.25) is 5.91 Å². The van der Waals surface area contributed by atoms with Crippen LogP contribution in [0.2, 0.25) is 0 Å². The molecule has 1 amide bonds. The predicted molar refractivity (Wildman–Crippen MR) is 83.0 cm³/mol. The summed E-state index contributed by atoms with van der Waals surface area (Å²) in [6, 6.07) is 3.75. The molecule has 0 aliphatic carbocycles. The number of morpholine rings is 1. The molecule has 0 spiro atoms. The molecule has 23 heavy (non-hydrogen) atoms. The van der Waals surface area contributed by atoms with Crippen molar-refractivity contribution in [2.24, 2.45) is 0 Å². The number of thiazole rings is 1. The van der Waals surface area contributed by atoms with Crippen LogP contribution in [0, 0.1) is 0 Å². The van der Waals surface area contributed by atoms with E-state index in [4.69, 9.17) is 9.84 Å². The topological polar surface area (TPSA) is 92.6 Å². The van der Waals surface area contributed by atoms with E-state index in [2.05, 4.69) is 9.97 Å². The molecule has 7 nitrogen and oxygen atoms in total. The zero-order valence-electron chi connectivity index (χ0n) is 12.2. The van der Waals surface area contributed by atoms with Gasteiger partial charge in [-0.15, -0.1) is 11.3 Å². The third-order valence-electron chi connectivity index (χ3n) is 3.49. The quantitative estimate of drug-likeness (QED) is 0.899. The zero-order valence-corrected chi connectivity index (χ0v) is 13.0. The molecule has 2 aromatic rings. The van der Waals surface area contributed by atoms with Crippen LogP contribution in [0.3, 0.4) is 0 Å². The molecule has 8 heteroatoms. The number of hydrogen-bond donors (Lipinski definition) is 1. The molecule has 0 bridgehead atoms. The average molecular weight is 333 g/mol. The summed E-state index contributed by atoms with van der Waals surface area (Å²) in [6.45, 7) is 0.719. The van der Waals surface area contributed by atoms with Gasteiger partial charge in [0.1, 0.15) is 5.01 Å². The number of hydrogen-bond acceptors (Lipinski definition) is 6. The van der Waals surface area contributed by atoms with Gasteiger partial charge in [-0.25, -0.2) is 9.78 Å². The third kappa shape index (κ3) is 3.72. The molecule has 0 saturated carbocycles. The number of nitrogens with zero attached hydrogens (tertiary/aromatic N) is 3. The highest BCUT2D eigenvalue weighted by Crippen LogP contribution is 2.23. The van der Waals surface area contributed by atoms with Crippen molar-refractivity contribution in [3.8, 4) is 10.6 Å². The Kier molecular flexibility index (Phi) is 4.63. The third-order valence-corrected chi connectivity index (χ3v) is 4.43. The second-order valence-corrected chi connectivity index (χ2v) is 5.96. The van der Waals surface area contributed by atoms with Crippen LogP contribution in [-0.4, -0.2) is 57.7 Å². The Hall–Kier alpha value is -2.32. The van der Waals surface area contributed by atoms with E-state index in [0.29, 0.717) is 12.2 Å². The molecule has 1 N–H and O–H groups in total. The standard InChI is InChI=1S/C15H15N3O4S/c19-13(18-4-5-22-12(8-18)15(20)21)6-11-9-23-14(17-11)10-2-1-3-16-7-10/h1-3,7,9,12H,4-6,8H2,(H,20,21). The van der Waals surface area contributed by atoms with Crippen LogP contribution in [0.1, 0.15) is 5.69 Å². The number of carbonyl (C=O) groups excluding carboxylic acids is 1. The maximum Gasteiger partial charge on any atom is 0.334 e. The van der Waals surface area contributed by atoms with E-state index in [0.717, 1.165) is 10.6 Å². The van der Waals surface area contributed by atoms with Crippen molar-refractivity contribution in [1.82, 2.24) is 14.9 Å². The normalized spacial score (nSPS) is 17.9. The van der Waals surface area contributed by atoms with Gasteiger partial charge >= 0.3 is 5.97 Å². The molecule has 1 unspecified atom stereocenters. The van der Waals surface area contributed by atoms with Crippen molar-refractivity contribution in [2.45, 2.75) is 12.5 Å². The second-order valence-electron chi connectivity index (χ2n) is 5.10. The lowest BCUT2D eigenvalue weighted by molar-refractivity contribution is -0.159. The number of aliphatic carboxylic acids is 1. The molecular weight excluding hydrogens is 318 g/mol. The first kappa shape index (κ1) is 15.6. The van der Waals surface area contributed by atoms with Crippen LogP contribution < -0.4 is 0 Å². The summed E-state index contributed by atoms with van der Waals surface area (Å²) in [7, 11) is 0. The summed E-state index contributed by atoms with van der Waals surface area (Å²) in [6.07, 6.45) is 2.63. The average Bonchev–Trinajstić information content (AvgIpc) is 3.04. The molecule has 1 saturated heterocycles. The van der Waals surface area contributed by atoms with Crippen molar-refractivity contribution in [1.29, 1.82) is 0 Å². The minimum atomic E-state index is -1.05. The van der Waals surface area contributed by atoms with E-state index in [-0.39, 0.29) is 25.5 Å². The van der Waals surface area contributed by atoms with Crippen LogP contribution in [0.5, 0.6) is 0 Å². The smallest absolute Gasteiger partial charge is 0.334 e. The molecule has 0 radical (unpaired) electrons. The Morgan fingerprint density at radius 3 is 3.09 bits per heavy atom. The van der Waals surface area contributed by atoms with Gasteiger partial charge in [0.25, 0.3) is 0 Å². The molecule has 120 valence electrons. The van der Waals surface area contributed by atoms with Gasteiger partial charge in [0.05, 0.1) is 25.3 Å². The van der Waals surface area contributed by atoms with Crippen LogP contribution in [0.15, 0.2) is 29.9 Å². The molecule has 3 rings (SSSR count). The summed E-state index contributed by atoms with van der Waals surface area (Å²) in [5, 5.41) is 11.6. The minimum absolute atomic E-state index is 0.0771. The van der Waals surface area contributed by atoms with E-state index in [1.807, 2.05) is 17.5 Å². The van der Waals surface area contributed by atoms with E-state index >= 15 is 0 Å². The van der Waals surface area contributed by atoms with Crippen LogP contribution in [-0.2, 0) is 20.7 Å². The first-order valence-corrected chi connectivity index (χ1v) is 7.98. The number of carbonyl (C=O) groups is 2. The number of aromatic nitrogens is 2. The van der Waals surface area contributed by atoms with Crippen LogP contribution in [0.4, 0.5) is 0 Å². The van der Waals surface area contributed by atoms with Crippen molar-refractivity contribution < 1.29 is 19.4 Å². The van der Waals surface area contributed by atoms with Crippen molar-refractivity contribution in [3.05, 3.63) is 35.6 Å². The minimum Gasteiger partial charge on any atom is -0.479 e.